The Kier molecular flexibility index (Phi) is 6.58. The molecule has 10 heteroatoms. The Morgan fingerprint density at radius 2 is 1.96 bits per heavy atom. The molecule has 3 rings (SSSR count). The second-order valence-electron chi connectivity index (χ2n) is 6.09. The molecule has 1 aromatic heterocycles. The highest BCUT2D eigenvalue weighted by molar-refractivity contribution is 7.99. The Bertz CT molecular complexity index is 992. The summed E-state index contributed by atoms with van der Waals surface area (Å²) in [5.41, 5.74) is 0.591. The van der Waals surface area contributed by atoms with Crippen molar-refractivity contribution in [1.82, 2.24) is 9.88 Å². The summed E-state index contributed by atoms with van der Waals surface area (Å²) >= 11 is 7.81. The number of halogens is 1. The molecular formula is C18H19ClN4O3S2. The molecule has 1 fully saturated rings. The van der Waals surface area contributed by atoms with E-state index in [0.29, 0.717) is 5.69 Å². The minimum Gasteiger partial charge on any atom is -0.341 e. The van der Waals surface area contributed by atoms with Crippen LogP contribution < -0.4 is 4.72 Å². The first-order valence-electron chi connectivity index (χ1n) is 8.54. The van der Waals surface area contributed by atoms with Crippen molar-refractivity contribution in [3.8, 4) is 0 Å². The molecule has 1 amide bonds. The number of aromatic nitrogens is 1. The van der Waals surface area contributed by atoms with Gasteiger partial charge in [-0.3, -0.25) is 9.52 Å². The minimum absolute atomic E-state index is 0.0197. The Morgan fingerprint density at radius 3 is 2.68 bits per heavy atom. The molecule has 0 radical (unpaired) electrons. The molecule has 0 unspecified atom stereocenters. The van der Waals surface area contributed by atoms with Gasteiger partial charge in [0.25, 0.3) is 10.0 Å². The number of benzene rings is 1. The van der Waals surface area contributed by atoms with Crippen LogP contribution in [0.3, 0.4) is 0 Å². The lowest BCUT2D eigenvalue weighted by molar-refractivity contribution is -0.130. The van der Waals surface area contributed by atoms with Crippen LogP contribution in [0.4, 0.5) is 5.82 Å². The highest BCUT2D eigenvalue weighted by Gasteiger charge is 2.21. The number of thioether (sulfide) groups is 1. The molecule has 0 spiro atoms. The highest BCUT2D eigenvalue weighted by atomic mass is 35.5. The van der Waals surface area contributed by atoms with Gasteiger partial charge >= 0.3 is 0 Å². The number of rotatable bonds is 6. The number of anilines is 1. The van der Waals surface area contributed by atoms with E-state index in [9.17, 15) is 13.2 Å². The third-order valence-corrected chi connectivity index (χ3v) is 6.87. The van der Waals surface area contributed by atoms with E-state index < -0.39 is 10.0 Å². The van der Waals surface area contributed by atoms with Gasteiger partial charge in [-0.25, -0.2) is 13.4 Å². The Labute approximate surface area is 173 Å². The maximum absolute atomic E-state index is 12.7. The number of pyridine rings is 1. The monoisotopic (exact) mass is 438 g/mol. The standard InChI is InChI=1S/C18H19ClN4O3S2/c19-15-4-2-5-16(14(15)12-20)28(25,26)22-17-6-1-3-13(21-17)11-18(24)23-7-9-27-10-8-23/h1-6,12,20H,7-11H2,(H,21,22). The van der Waals surface area contributed by atoms with Crippen LogP contribution >= 0.6 is 23.4 Å². The van der Waals surface area contributed by atoms with E-state index in [4.69, 9.17) is 17.0 Å². The first kappa shape index (κ1) is 20.6. The van der Waals surface area contributed by atoms with Crippen molar-refractivity contribution >= 4 is 51.3 Å². The molecule has 0 atom stereocenters. The molecule has 0 saturated carbocycles. The van der Waals surface area contributed by atoms with Crippen molar-refractivity contribution in [1.29, 1.82) is 5.41 Å². The summed E-state index contributed by atoms with van der Waals surface area (Å²) in [5, 5.41) is 7.60. The van der Waals surface area contributed by atoms with E-state index >= 15 is 0 Å². The molecule has 1 aliphatic heterocycles. The third-order valence-electron chi connectivity index (χ3n) is 4.19. The van der Waals surface area contributed by atoms with Crippen molar-refractivity contribution in [2.45, 2.75) is 11.3 Å². The molecule has 7 nitrogen and oxygen atoms in total. The number of carbonyl (C=O) groups excluding carboxylic acids is 1. The molecule has 2 aromatic rings. The lowest BCUT2D eigenvalue weighted by Gasteiger charge is -2.26. The zero-order valence-electron chi connectivity index (χ0n) is 14.9. The second-order valence-corrected chi connectivity index (χ2v) is 9.37. The first-order chi connectivity index (χ1) is 13.4. The summed E-state index contributed by atoms with van der Waals surface area (Å²) in [5.74, 6) is 1.94. The first-order valence-corrected chi connectivity index (χ1v) is 11.6. The summed E-state index contributed by atoms with van der Waals surface area (Å²) in [6.45, 7) is 1.44. The minimum atomic E-state index is -3.99. The summed E-state index contributed by atoms with van der Waals surface area (Å²) < 4.78 is 27.8. The van der Waals surface area contributed by atoms with E-state index in [-0.39, 0.29) is 33.6 Å². The third kappa shape index (κ3) is 4.84. The maximum Gasteiger partial charge on any atom is 0.263 e. The fourth-order valence-electron chi connectivity index (χ4n) is 2.80. The number of nitrogens with zero attached hydrogens (tertiary/aromatic N) is 2. The average molecular weight is 439 g/mol. The normalized spacial score (nSPS) is 14.5. The molecule has 2 heterocycles. The van der Waals surface area contributed by atoms with E-state index in [0.717, 1.165) is 30.8 Å². The summed E-state index contributed by atoms with van der Waals surface area (Å²) in [4.78, 5) is 18.4. The van der Waals surface area contributed by atoms with Gasteiger partial charge in [-0.15, -0.1) is 0 Å². The van der Waals surface area contributed by atoms with Gasteiger partial charge < -0.3 is 10.3 Å². The molecule has 0 aliphatic carbocycles. The van der Waals surface area contributed by atoms with E-state index in [1.165, 1.54) is 24.3 Å². The number of carbonyl (C=O) groups is 1. The smallest absolute Gasteiger partial charge is 0.263 e. The van der Waals surface area contributed by atoms with E-state index in [1.54, 1.807) is 17.0 Å². The number of hydrogen-bond acceptors (Lipinski definition) is 6. The lowest BCUT2D eigenvalue weighted by atomic mass is 10.2. The van der Waals surface area contributed by atoms with Crippen molar-refractivity contribution in [2.75, 3.05) is 29.3 Å². The van der Waals surface area contributed by atoms with Gasteiger partial charge in [0.15, 0.2) is 0 Å². The van der Waals surface area contributed by atoms with Gasteiger partial charge in [-0.2, -0.15) is 11.8 Å². The Hall–Kier alpha value is -2.10. The number of sulfonamides is 1. The van der Waals surface area contributed by atoms with Gasteiger partial charge in [0.2, 0.25) is 5.91 Å². The predicted molar refractivity (Wildman–Crippen MR) is 112 cm³/mol. The van der Waals surface area contributed by atoms with Gasteiger partial charge in [-0.1, -0.05) is 23.7 Å². The van der Waals surface area contributed by atoms with Gasteiger partial charge in [-0.05, 0) is 24.3 Å². The van der Waals surface area contributed by atoms with Crippen molar-refractivity contribution < 1.29 is 13.2 Å². The zero-order chi connectivity index (χ0) is 20.1. The lowest BCUT2D eigenvalue weighted by Crippen LogP contribution is -2.38. The largest absolute Gasteiger partial charge is 0.341 e. The average Bonchev–Trinajstić information content (AvgIpc) is 2.68. The summed E-state index contributed by atoms with van der Waals surface area (Å²) in [7, 11) is -3.99. The maximum atomic E-state index is 12.7. The quantitative estimate of drug-likeness (QED) is 0.675. The Balaban J connectivity index is 1.78. The van der Waals surface area contributed by atoms with E-state index in [1.807, 2.05) is 11.8 Å². The highest BCUT2D eigenvalue weighted by Crippen LogP contribution is 2.24. The van der Waals surface area contributed by atoms with Crippen LogP contribution in [0.1, 0.15) is 11.3 Å². The van der Waals surface area contributed by atoms with Crippen LogP contribution in [0.2, 0.25) is 5.02 Å². The molecule has 2 N–H and O–H groups in total. The molecule has 1 aromatic carbocycles. The van der Waals surface area contributed by atoms with Crippen LogP contribution in [-0.4, -0.2) is 55.0 Å². The molecule has 148 valence electrons. The van der Waals surface area contributed by atoms with Crippen LogP contribution in [0.5, 0.6) is 0 Å². The second kappa shape index (κ2) is 8.93. The van der Waals surface area contributed by atoms with E-state index in [2.05, 4.69) is 9.71 Å². The predicted octanol–water partition coefficient (Wildman–Crippen LogP) is 2.65. The zero-order valence-corrected chi connectivity index (χ0v) is 17.3. The van der Waals surface area contributed by atoms with Crippen LogP contribution in [-0.2, 0) is 21.2 Å². The molecule has 1 aliphatic rings. The number of nitrogens with one attached hydrogen (secondary N) is 2. The van der Waals surface area contributed by atoms with Crippen LogP contribution in [0.25, 0.3) is 0 Å². The summed E-state index contributed by atoms with van der Waals surface area (Å²) in [6.07, 6.45) is 1.01. The summed E-state index contributed by atoms with van der Waals surface area (Å²) in [6, 6.07) is 9.24. The van der Waals surface area contributed by atoms with Crippen molar-refractivity contribution in [3.63, 3.8) is 0 Å². The van der Waals surface area contributed by atoms with Gasteiger partial charge in [0.05, 0.1) is 22.0 Å². The van der Waals surface area contributed by atoms with Crippen LogP contribution in [0.15, 0.2) is 41.3 Å². The van der Waals surface area contributed by atoms with Crippen molar-refractivity contribution in [2.24, 2.45) is 0 Å². The fraction of sp³-hybridized carbons (Fsp3) is 0.278. The number of hydrogen-bond donors (Lipinski definition) is 2. The topological polar surface area (TPSA) is 103 Å². The molecular weight excluding hydrogens is 420 g/mol. The van der Waals surface area contributed by atoms with Gasteiger partial charge in [0.1, 0.15) is 5.82 Å². The molecule has 28 heavy (non-hydrogen) atoms. The van der Waals surface area contributed by atoms with Crippen molar-refractivity contribution in [3.05, 3.63) is 52.7 Å². The van der Waals surface area contributed by atoms with Gasteiger partial charge in [0, 0.05) is 36.4 Å². The van der Waals surface area contributed by atoms with Crippen LogP contribution in [0, 0.1) is 5.41 Å². The number of amides is 1. The fourth-order valence-corrected chi connectivity index (χ4v) is 5.20. The Morgan fingerprint density at radius 1 is 1.25 bits per heavy atom. The molecule has 0 bridgehead atoms. The molecule has 1 saturated heterocycles. The SMILES string of the molecule is N=Cc1c(Cl)cccc1S(=O)(=O)Nc1cccc(CC(=O)N2CCSCC2)n1.